The van der Waals surface area contributed by atoms with Gasteiger partial charge >= 0.3 is 12.1 Å². The van der Waals surface area contributed by atoms with Crippen molar-refractivity contribution in [2.45, 2.75) is 20.0 Å². The molecule has 0 atom stereocenters. The van der Waals surface area contributed by atoms with Crippen molar-refractivity contribution in [1.29, 1.82) is 0 Å². The van der Waals surface area contributed by atoms with Gasteiger partial charge in [0, 0.05) is 29.5 Å². The van der Waals surface area contributed by atoms with Gasteiger partial charge in [0.25, 0.3) is 0 Å². The predicted molar refractivity (Wildman–Crippen MR) is 99.4 cm³/mol. The summed E-state index contributed by atoms with van der Waals surface area (Å²) < 4.78 is 40.0. The van der Waals surface area contributed by atoms with E-state index in [1.54, 1.807) is 16.9 Å². The molecule has 0 saturated carbocycles. The lowest BCUT2D eigenvalue weighted by Crippen LogP contribution is -2.33. The number of para-hydroxylation sites is 1. The Hall–Kier alpha value is -3.62. The average Bonchev–Trinajstić information content (AvgIpc) is 3.28. The van der Waals surface area contributed by atoms with Gasteiger partial charge in [0.05, 0.1) is 11.9 Å². The topological polar surface area (TPSA) is 61.9 Å². The molecular weight excluding hydrogens is 385 g/mol. The van der Waals surface area contributed by atoms with E-state index in [1.807, 2.05) is 38.2 Å². The molecular formula is C20H15F3N4O2. The van der Waals surface area contributed by atoms with E-state index in [4.69, 9.17) is 0 Å². The average molecular weight is 400 g/mol. The molecule has 3 heterocycles. The molecule has 0 spiro atoms. The van der Waals surface area contributed by atoms with E-state index < -0.39 is 12.1 Å². The molecule has 0 aliphatic carbocycles. The van der Waals surface area contributed by atoms with Crippen LogP contribution in [0.4, 0.5) is 13.2 Å². The monoisotopic (exact) mass is 400 g/mol. The van der Waals surface area contributed by atoms with Crippen LogP contribution in [-0.2, 0) is 4.79 Å². The van der Waals surface area contributed by atoms with Crippen molar-refractivity contribution in [3.05, 3.63) is 66.2 Å². The number of carbonyl (C=O) groups is 1. The van der Waals surface area contributed by atoms with E-state index in [0.717, 1.165) is 22.4 Å². The van der Waals surface area contributed by atoms with Gasteiger partial charge in [0.15, 0.2) is 5.65 Å². The van der Waals surface area contributed by atoms with Crippen molar-refractivity contribution in [2.24, 2.45) is 0 Å². The minimum Gasteiger partial charge on any atom is -0.326 e. The van der Waals surface area contributed by atoms with E-state index >= 15 is 0 Å². The van der Waals surface area contributed by atoms with Gasteiger partial charge in [-0.2, -0.15) is 23.0 Å². The highest BCUT2D eigenvalue weighted by Gasteiger charge is 2.42. The fourth-order valence-electron chi connectivity index (χ4n) is 3.23. The van der Waals surface area contributed by atoms with E-state index in [1.165, 1.54) is 18.5 Å². The minimum atomic E-state index is -5.10. The normalized spacial score (nSPS) is 11.8. The van der Waals surface area contributed by atoms with E-state index in [-0.39, 0.29) is 5.65 Å². The molecule has 0 radical (unpaired) electrons. The molecule has 0 aliphatic heterocycles. The molecule has 3 aromatic heterocycles. The molecule has 0 fully saturated rings. The Labute approximate surface area is 163 Å². The number of aryl methyl sites for hydroxylation is 2. The summed E-state index contributed by atoms with van der Waals surface area (Å²) in [4.78, 5) is 19.6. The molecule has 4 rings (SSSR count). The zero-order valence-corrected chi connectivity index (χ0v) is 15.4. The van der Waals surface area contributed by atoms with E-state index in [0.29, 0.717) is 15.7 Å². The zero-order valence-electron chi connectivity index (χ0n) is 15.4. The number of nitrogens with zero attached hydrogens (tertiary/aromatic N) is 4. The fraction of sp³-hybridized carbons (Fsp3) is 0.150. The van der Waals surface area contributed by atoms with E-state index in [2.05, 4.69) is 14.9 Å². The highest BCUT2D eigenvalue weighted by Crippen LogP contribution is 2.29. The summed E-state index contributed by atoms with van der Waals surface area (Å²) in [6, 6.07) is 9.21. The first-order valence-electron chi connectivity index (χ1n) is 8.63. The molecule has 0 amide bonds. The molecule has 0 bridgehead atoms. The molecule has 0 unspecified atom stereocenters. The quantitative estimate of drug-likeness (QED) is 0.521. The SMILES string of the molecule is Cc1cccc(C)c1-n1cc(-c2ccnc3c2ccn3OC(=O)C(F)(F)F)cn1. The van der Waals surface area contributed by atoms with Crippen LogP contribution in [0.25, 0.3) is 27.8 Å². The van der Waals surface area contributed by atoms with Gasteiger partial charge in [-0.3, -0.25) is 0 Å². The lowest BCUT2D eigenvalue weighted by molar-refractivity contribution is -0.199. The number of fused-ring (bicyclic) bond motifs is 1. The number of rotatable bonds is 3. The van der Waals surface area contributed by atoms with Crippen LogP contribution in [0.5, 0.6) is 0 Å². The van der Waals surface area contributed by atoms with Crippen molar-refractivity contribution in [1.82, 2.24) is 19.5 Å². The highest BCUT2D eigenvalue weighted by molar-refractivity contribution is 5.93. The Morgan fingerprint density at radius 3 is 2.52 bits per heavy atom. The second kappa shape index (κ2) is 6.77. The van der Waals surface area contributed by atoms with Gasteiger partial charge in [0.1, 0.15) is 0 Å². The summed E-state index contributed by atoms with van der Waals surface area (Å²) in [7, 11) is 0. The molecule has 9 heteroatoms. The van der Waals surface area contributed by atoms with Gasteiger partial charge in [-0.05, 0) is 42.7 Å². The third-order valence-electron chi connectivity index (χ3n) is 4.53. The minimum absolute atomic E-state index is 0.0972. The zero-order chi connectivity index (χ0) is 20.8. The summed E-state index contributed by atoms with van der Waals surface area (Å²) in [6.45, 7) is 3.98. The van der Waals surface area contributed by atoms with Crippen LogP contribution in [0.15, 0.2) is 55.1 Å². The van der Waals surface area contributed by atoms with Crippen LogP contribution in [-0.4, -0.2) is 31.6 Å². The lowest BCUT2D eigenvalue weighted by atomic mass is 10.1. The Kier molecular flexibility index (Phi) is 4.37. The summed E-state index contributed by atoms with van der Waals surface area (Å²) in [5, 5.41) is 4.97. The maximum atomic E-state index is 12.5. The van der Waals surface area contributed by atoms with Crippen LogP contribution < -0.4 is 4.84 Å². The Morgan fingerprint density at radius 1 is 1.10 bits per heavy atom. The van der Waals surface area contributed by atoms with Gasteiger partial charge in [0.2, 0.25) is 0 Å². The van der Waals surface area contributed by atoms with Gasteiger partial charge in [-0.1, -0.05) is 18.2 Å². The largest absolute Gasteiger partial charge is 0.493 e. The lowest BCUT2D eigenvalue weighted by Gasteiger charge is -2.09. The van der Waals surface area contributed by atoms with Gasteiger partial charge in [-0.15, -0.1) is 0 Å². The maximum absolute atomic E-state index is 12.5. The molecule has 0 N–H and O–H groups in total. The Morgan fingerprint density at radius 2 is 1.83 bits per heavy atom. The first-order valence-corrected chi connectivity index (χ1v) is 8.63. The number of hydrogen-bond acceptors (Lipinski definition) is 4. The molecule has 29 heavy (non-hydrogen) atoms. The van der Waals surface area contributed by atoms with Crippen molar-refractivity contribution >= 4 is 17.0 Å². The summed E-state index contributed by atoms with van der Waals surface area (Å²) in [5.74, 6) is -2.31. The van der Waals surface area contributed by atoms with Crippen LogP contribution >= 0.6 is 0 Å². The summed E-state index contributed by atoms with van der Waals surface area (Å²) in [6.07, 6.45) is 1.07. The van der Waals surface area contributed by atoms with Crippen molar-refractivity contribution in [3.8, 4) is 16.8 Å². The number of pyridine rings is 1. The van der Waals surface area contributed by atoms with Gasteiger partial charge < -0.3 is 4.84 Å². The smallest absolute Gasteiger partial charge is 0.326 e. The number of aromatic nitrogens is 4. The fourth-order valence-corrected chi connectivity index (χ4v) is 3.23. The molecule has 0 aliphatic rings. The number of carbonyl (C=O) groups excluding carboxylic acids is 1. The molecule has 0 saturated heterocycles. The number of hydrogen-bond donors (Lipinski definition) is 0. The second-order valence-corrected chi connectivity index (χ2v) is 6.53. The number of halogens is 3. The third-order valence-corrected chi connectivity index (χ3v) is 4.53. The Balaban J connectivity index is 1.75. The van der Waals surface area contributed by atoms with E-state index in [9.17, 15) is 18.0 Å². The van der Waals surface area contributed by atoms with Crippen molar-refractivity contribution in [3.63, 3.8) is 0 Å². The highest BCUT2D eigenvalue weighted by atomic mass is 19.4. The molecule has 1 aromatic carbocycles. The summed E-state index contributed by atoms with van der Waals surface area (Å²) >= 11 is 0. The van der Waals surface area contributed by atoms with Crippen molar-refractivity contribution < 1.29 is 22.8 Å². The second-order valence-electron chi connectivity index (χ2n) is 6.53. The molecule has 4 aromatic rings. The first kappa shape index (κ1) is 18.7. The van der Waals surface area contributed by atoms with Crippen LogP contribution in [0.1, 0.15) is 11.1 Å². The number of alkyl halides is 3. The summed E-state index contributed by atoms with van der Waals surface area (Å²) in [5.41, 5.74) is 4.63. The third kappa shape index (κ3) is 3.35. The maximum Gasteiger partial charge on any atom is 0.493 e. The van der Waals surface area contributed by atoms with Gasteiger partial charge in [-0.25, -0.2) is 14.5 Å². The number of benzene rings is 1. The van der Waals surface area contributed by atoms with Crippen LogP contribution in [0.2, 0.25) is 0 Å². The Bertz CT molecular complexity index is 1200. The van der Waals surface area contributed by atoms with Crippen LogP contribution in [0.3, 0.4) is 0 Å². The van der Waals surface area contributed by atoms with Crippen LogP contribution in [0, 0.1) is 13.8 Å². The van der Waals surface area contributed by atoms with Crippen molar-refractivity contribution in [2.75, 3.05) is 0 Å². The molecule has 148 valence electrons. The first-order chi connectivity index (χ1) is 13.8. The standard InChI is InChI=1S/C20H15F3N4O2/c1-12-4-3-5-13(2)17(12)26-11-14(10-25-26)15-6-8-24-18-16(15)7-9-27(18)29-19(28)20(21,22)23/h3-11H,1-2H3. The predicted octanol–water partition coefficient (Wildman–Crippen LogP) is 4.02. The molecule has 6 nitrogen and oxygen atoms in total.